The summed E-state index contributed by atoms with van der Waals surface area (Å²) >= 11 is 0. The standard InChI is InChI=1S/C40H73O8P/c1-3-5-7-9-11-13-15-17-18-19-20-21-22-23-25-26-28-30-32-34-39(41)46-36-38(37-47-49(43,44)45)48-40(42)35-33-31-29-27-24-16-14-12-10-8-6-4-2/h11-14,17-18,38H,3-10,15-16,19-37H2,1-2H3,(H2,43,44,45)/b13-11-,14-12-,18-17-/t38-/m1/s1. The lowest BCUT2D eigenvalue weighted by Gasteiger charge is -2.18. The van der Waals surface area contributed by atoms with Crippen molar-refractivity contribution in [2.24, 2.45) is 0 Å². The zero-order valence-corrected chi connectivity index (χ0v) is 32.2. The van der Waals surface area contributed by atoms with Crippen molar-refractivity contribution in [3.05, 3.63) is 36.5 Å². The van der Waals surface area contributed by atoms with Crippen LogP contribution in [0, 0.1) is 0 Å². The first-order valence-corrected chi connectivity index (χ1v) is 21.3. The van der Waals surface area contributed by atoms with Crippen LogP contribution in [0.5, 0.6) is 0 Å². The highest BCUT2D eigenvalue weighted by Gasteiger charge is 2.22. The molecule has 0 amide bonds. The van der Waals surface area contributed by atoms with E-state index in [1.54, 1.807) is 0 Å². The van der Waals surface area contributed by atoms with Crippen molar-refractivity contribution in [1.82, 2.24) is 0 Å². The number of unbranched alkanes of at least 4 members (excludes halogenated alkanes) is 20. The Morgan fingerprint density at radius 3 is 1.37 bits per heavy atom. The topological polar surface area (TPSA) is 119 Å². The summed E-state index contributed by atoms with van der Waals surface area (Å²) in [5, 5.41) is 0. The summed E-state index contributed by atoms with van der Waals surface area (Å²) < 4.78 is 26.3. The molecule has 0 aliphatic heterocycles. The van der Waals surface area contributed by atoms with E-state index in [-0.39, 0.29) is 19.4 Å². The molecule has 0 rings (SSSR count). The van der Waals surface area contributed by atoms with E-state index in [0.717, 1.165) is 77.0 Å². The Labute approximate surface area is 300 Å². The van der Waals surface area contributed by atoms with Crippen LogP contribution in [0.3, 0.4) is 0 Å². The first kappa shape index (κ1) is 47.3. The summed E-state index contributed by atoms with van der Waals surface area (Å²) in [5.74, 6) is -0.899. The molecule has 0 saturated carbocycles. The Kier molecular flexibility index (Phi) is 34.8. The summed E-state index contributed by atoms with van der Waals surface area (Å²) in [6.07, 6.45) is 41.5. The van der Waals surface area contributed by atoms with E-state index >= 15 is 0 Å². The van der Waals surface area contributed by atoms with Gasteiger partial charge in [-0.2, -0.15) is 0 Å². The van der Waals surface area contributed by atoms with Gasteiger partial charge in [-0.15, -0.1) is 0 Å². The van der Waals surface area contributed by atoms with Gasteiger partial charge in [0.25, 0.3) is 0 Å². The van der Waals surface area contributed by atoms with Crippen molar-refractivity contribution in [1.29, 1.82) is 0 Å². The maximum Gasteiger partial charge on any atom is 0.469 e. The molecular formula is C40H73O8P. The minimum atomic E-state index is -4.75. The maximum atomic E-state index is 12.3. The van der Waals surface area contributed by atoms with E-state index in [9.17, 15) is 14.2 Å². The van der Waals surface area contributed by atoms with Gasteiger partial charge in [-0.05, 0) is 70.6 Å². The number of rotatable bonds is 36. The fourth-order valence-corrected chi connectivity index (χ4v) is 5.76. The molecule has 1 atom stereocenters. The smallest absolute Gasteiger partial charge is 0.462 e. The predicted molar refractivity (Wildman–Crippen MR) is 202 cm³/mol. The second-order valence-corrected chi connectivity index (χ2v) is 14.5. The number of carbonyl (C=O) groups excluding carboxylic acids is 2. The number of phosphoric ester groups is 1. The van der Waals surface area contributed by atoms with Crippen molar-refractivity contribution < 1.29 is 37.9 Å². The number of allylic oxidation sites excluding steroid dienone is 6. The monoisotopic (exact) mass is 713 g/mol. The van der Waals surface area contributed by atoms with Gasteiger partial charge in [-0.1, -0.05) is 140 Å². The van der Waals surface area contributed by atoms with E-state index in [2.05, 4.69) is 54.8 Å². The zero-order chi connectivity index (χ0) is 36.1. The number of ether oxygens (including phenoxy) is 2. The van der Waals surface area contributed by atoms with Crippen LogP contribution < -0.4 is 0 Å². The Bertz CT molecular complexity index is 895. The third-order valence-corrected chi connectivity index (χ3v) is 8.87. The Morgan fingerprint density at radius 2 is 0.918 bits per heavy atom. The molecule has 0 unspecified atom stereocenters. The second kappa shape index (κ2) is 36.1. The molecule has 0 bridgehead atoms. The van der Waals surface area contributed by atoms with Gasteiger partial charge in [0.2, 0.25) is 0 Å². The van der Waals surface area contributed by atoms with Crippen LogP contribution in [0.2, 0.25) is 0 Å². The van der Waals surface area contributed by atoms with Crippen molar-refractivity contribution in [3.63, 3.8) is 0 Å². The average Bonchev–Trinajstić information content (AvgIpc) is 3.07. The van der Waals surface area contributed by atoms with Gasteiger partial charge in [0.05, 0.1) is 6.61 Å². The van der Waals surface area contributed by atoms with Crippen LogP contribution in [0.1, 0.15) is 187 Å². The molecule has 0 spiro atoms. The molecule has 9 heteroatoms. The lowest BCUT2D eigenvalue weighted by molar-refractivity contribution is -0.161. The fraction of sp³-hybridized carbons (Fsp3) is 0.800. The van der Waals surface area contributed by atoms with Gasteiger partial charge >= 0.3 is 19.8 Å². The second-order valence-electron chi connectivity index (χ2n) is 13.2. The molecule has 0 aliphatic carbocycles. The maximum absolute atomic E-state index is 12.3. The summed E-state index contributed by atoms with van der Waals surface area (Å²) in [4.78, 5) is 42.7. The lowest BCUT2D eigenvalue weighted by Crippen LogP contribution is -2.29. The molecule has 8 nitrogen and oxygen atoms in total. The van der Waals surface area contributed by atoms with E-state index < -0.39 is 32.5 Å². The van der Waals surface area contributed by atoms with Crippen LogP contribution in [0.4, 0.5) is 0 Å². The van der Waals surface area contributed by atoms with Crippen molar-refractivity contribution in [2.75, 3.05) is 13.2 Å². The van der Waals surface area contributed by atoms with Crippen LogP contribution in [-0.2, 0) is 28.2 Å². The molecule has 0 radical (unpaired) electrons. The summed E-state index contributed by atoms with van der Waals surface area (Å²) in [6.45, 7) is 3.62. The van der Waals surface area contributed by atoms with Crippen molar-refractivity contribution >= 4 is 19.8 Å². The quantitative estimate of drug-likeness (QED) is 0.0285. The van der Waals surface area contributed by atoms with Gasteiger partial charge in [-0.25, -0.2) is 4.57 Å². The van der Waals surface area contributed by atoms with Crippen molar-refractivity contribution in [2.45, 2.75) is 193 Å². The predicted octanol–water partition coefficient (Wildman–Crippen LogP) is 11.8. The number of hydrogen-bond donors (Lipinski definition) is 2. The van der Waals surface area contributed by atoms with Gasteiger partial charge in [0.1, 0.15) is 6.61 Å². The van der Waals surface area contributed by atoms with Gasteiger partial charge in [0.15, 0.2) is 6.10 Å². The molecule has 2 N–H and O–H groups in total. The summed E-state index contributed by atoms with van der Waals surface area (Å²) in [6, 6.07) is 0. The lowest BCUT2D eigenvalue weighted by atomic mass is 10.1. The van der Waals surface area contributed by atoms with E-state index in [4.69, 9.17) is 19.3 Å². The van der Waals surface area contributed by atoms with Crippen molar-refractivity contribution in [3.8, 4) is 0 Å². The molecule has 0 heterocycles. The third-order valence-electron chi connectivity index (χ3n) is 8.38. The first-order chi connectivity index (χ1) is 23.8. The van der Waals surface area contributed by atoms with Crippen LogP contribution in [0.25, 0.3) is 0 Å². The first-order valence-electron chi connectivity index (χ1n) is 19.8. The molecule has 0 fully saturated rings. The highest BCUT2D eigenvalue weighted by Crippen LogP contribution is 2.36. The van der Waals surface area contributed by atoms with E-state index in [1.165, 1.54) is 77.0 Å². The van der Waals surface area contributed by atoms with Gasteiger partial charge in [0, 0.05) is 12.8 Å². The number of carbonyl (C=O) groups is 2. The molecule has 49 heavy (non-hydrogen) atoms. The molecular weight excluding hydrogens is 639 g/mol. The molecule has 0 aromatic heterocycles. The SMILES string of the molecule is CCCCC/C=C\C/C=C\CCCCCCCCCCCC(=O)OC[C@H](COP(=O)(O)O)OC(=O)CCCCCCC/C=C\CCCCC. The van der Waals surface area contributed by atoms with Gasteiger partial charge in [-0.3, -0.25) is 14.1 Å². The molecule has 286 valence electrons. The Balaban J connectivity index is 3.92. The average molecular weight is 713 g/mol. The minimum Gasteiger partial charge on any atom is -0.462 e. The third kappa shape index (κ3) is 38.9. The minimum absolute atomic E-state index is 0.201. The van der Waals surface area contributed by atoms with Crippen LogP contribution in [-0.4, -0.2) is 41.0 Å². The largest absolute Gasteiger partial charge is 0.469 e. The fourth-order valence-electron chi connectivity index (χ4n) is 5.40. The molecule has 0 saturated heterocycles. The number of phosphoric acid groups is 1. The number of esters is 2. The molecule has 0 aromatic rings. The summed E-state index contributed by atoms with van der Waals surface area (Å²) in [5.41, 5.74) is 0. The van der Waals surface area contributed by atoms with Gasteiger partial charge < -0.3 is 19.3 Å². The van der Waals surface area contributed by atoms with Crippen LogP contribution >= 0.6 is 7.82 Å². The normalized spacial score (nSPS) is 12.8. The van der Waals surface area contributed by atoms with Crippen LogP contribution in [0.15, 0.2) is 36.5 Å². The molecule has 0 aromatic carbocycles. The molecule has 0 aliphatic rings. The highest BCUT2D eigenvalue weighted by atomic mass is 31.2. The summed E-state index contributed by atoms with van der Waals surface area (Å²) in [7, 11) is -4.75. The Morgan fingerprint density at radius 1 is 0.531 bits per heavy atom. The highest BCUT2D eigenvalue weighted by molar-refractivity contribution is 7.46. The van der Waals surface area contributed by atoms with E-state index in [0.29, 0.717) is 6.42 Å². The van der Waals surface area contributed by atoms with E-state index in [1.807, 2.05) is 0 Å². The number of hydrogen-bond acceptors (Lipinski definition) is 6. The zero-order valence-electron chi connectivity index (χ0n) is 31.3. The Hall–Kier alpha value is -1.73.